The fraction of sp³-hybridized carbons (Fsp3) is 0.615. The van der Waals surface area contributed by atoms with Crippen LogP contribution in [0.5, 0.6) is 0 Å². The lowest BCUT2D eigenvalue weighted by Gasteiger charge is -2.39. The summed E-state index contributed by atoms with van der Waals surface area (Å²) in [6.07, 6.45) is -4.81. The third kappa shape index (κ3) is 3.90. The molecule has 1 aliphatic rings. The summed E-state index contributed by atoms with van der Waals surface area (Å²) in [5.41, 5.74) is -2.66. The lowest BCUT2D eigenvalue weighted by Crippen LogP contribution is -2.54. The molecule has 1 amide bonds. The summed E-state index contributed by atoms with van der Waals surface area (Å²) in [5.74, 6) is -0.191. The van der Waals surface area contributed by atoms with Gasteiger partial charge in [0.1, 0.15) is 0 Å². The average molecular weight is 342 g/mol. The second-order valence-electron chi connectivity index (χ2n) is 5.12. The van der Waals surface area contributed by atoms with Crippen molar-refractivity contribution in [1.29, 1.82) is 0 Å². The highest BCUT2D eigenvalue weighted by Gasteiger charge is 2.54. The number of carbonyl (C=O) groups excluding carboxylic acids is 1. The molecule has 2 heterocycles. The van der Waals surface area contributed by atoms with Crippen molar-refractivity contribution in [2.45, 2.75) is 37.5 Å². The molecular weight excluding hydrogens is 327 g/mol. The molecule has 0 radical (unpaired) electrons. The standard InChI is InChI=1S/C13H15ClF3NO2S/c14-10-3-1-9(21-10)2-4-11(19)18-7-5-12(20,6-8-18)13(15,16)17/h1,3,20H,2,4-8H2. The molecule has 0 spiro atoms. The molecule has 118 valence electrons. The second kappa shape index (κ2) is 6.14. The quantitative estimate of drug-likeness (QED) is 0.916. The zero-order valence-electron chi connectivity index (χ0n) is 11.1. The predicted molar refractivity (Wildman–Crippen MR) is 74.5 cm³/mol. The molecule has 2 rings (SSSR count). The lowest BCUT2D eigenvalue weighted by atomic mass is 9.90. The maximum absolute atomic E-state index is 12.7. The van der Waals surface area contributed by atoms with Gasteiger partial charge in [0.05, 0.1) is 4.34 Å². The summed E-state index contributed by atoms with van der Waals surface area (Å²) in [4.78, 5) is 14.3. The molecule has 0 aromatic carbocycles. The Morgan fingerprint density at radius 3 is 2.48 bits per heavy atom. The molecule has 0 atom stereocenters. The minimum Gasteiger partial charge on any atom is -0.380 e. The van der Waals surface area contributed by atoms with Crippen molar-refractivity contribution in [2.24, 2.45) is 0 Å². The number of aliphatic hydroxyl groups is 1. The molecule has 3 nitrogen and oxygen atoms in total. The van der Waals surface area contributed by atoms with Gasteiger partial charge in [0, 0.05) is 37.2 Å². The van der Waals surface area contributed by atoms with Crippen LogP contribution in [0.25, 0.3) is 0 Å². The van der Waals surface area contributed by atoms with Gasteiger partial charge in [-0.2, -0.15) is 13.2 Å². The first kappa shape index (κ1) is 16.6. The molecule has 1 aromatic heterocycles. The van der Waals surface area contributed by atoms with Gasteiger partial charge in [-0.3, -0.25) is 4.79 Å². The third-order valence-electron chi connectivity index (χ3n) is 3.69. The topological polar surface area (TPSA) is 40.5 Å². The fourth-order valence-electron chi connectivity index (χ4n) is 2.28. The summed E-state index contributed by atoms with van der Waals surface area (Å²) >= 11 is 7.17. The predicted octanol–water partition coefficient (Wildman–Crippen LogP) is 3.25. The molecule has 0 unspecified atom stereocenters. The molecule has 8 heteroatoms. The first-order valence-electron chi connectivity index (χ1n) is 6.52. The number of likely N-dealkylation sites (tertiary alicyclic amines) is 1. The van der Waals surface area contributed by atoms with Gasteiger partial charge in [-0.05, 0) is 18.6 Å². The van der Waals surface area contributed by atoms with E-state index in [4.69, 9.17) is 11.6 Å². The van der Waals surface area contributed by atoms with Crippen molar-refractivity contribution in [1.82, 2.24) is 4.90 Å². The maximum atomic E-state index is 12.7. The van der Waals surface area contributed by atoms with Gasteiger partial charge in [-0.15, -0.1) is 11.3 Å². The van der Waals surface area contributed by atoms with Crippen LogP contribution in [0.2, 0.25) is 4.34 Å². The summed E-state index contributed by atoms with van der Waals surface area (Å²) in [6.45, 7) is -0.139. The van der Waals surface area contributed by atoms with E-state index in [1.165, 1.54) is 16.2 Å². The summed E-state index contributed by atoms with van der Waals surface area (Å²) in [5, 5.41) is 9.54. The normalized spacial score (nSPS) is 18.8. The van der Waals surface area contributed by atoms with Gasteiger partial charge in [-0.1, -0.05) is 11.6 Å². The van der Waals surface area contributed by atoms with E-state index in [9.17, 15) is 23.1 Å². The van der Waals surface area contributed by atoms with E-state index < -0.39 is 24.6 Å². The second-order valence-corrected chi connectivity index (χ2v) is 6.92. The number of aryl methyl sites for hydroxylation is 1. The molecule has 21 heavy (non-hydrogen) atoms. The van der Waals surface area contributed by atoms with E-state index >= 15 is 0 Å². The van der Waals surface area contributed by atoms with Crippen LogP contribution in [0.4, 0.5) is 13.2 Å². The molecule has 0 bridgehead atoms. The van der Waals surface area contributed by atoms with Gasteiger partial charge in [0.2, 0.25) is 5.91 Å². The highest BCUT2D eigenvalue weighted by atomic mass is 35.5. The molecule has 1 fully saturated rings. The Balaban J connectivity index is 1.83. The largest absolute Gasteiger partial charge is 0.417 e. The summed E-state index contributed by atoms with van der Waals surface area (Å²) < 4.78 is 38.6. The summed E-state index contributed by atoms with van der Waals surface area (Å²) in [6, 6.07) is 3.58. The number of alkyl halides is 3. The Bertz CT molecular complexity index is 510. The zero-order chi connectivity index (χ0) is 15.7. The number of halogens is 4. The minimum absolute atomic E-state index is 0.0694. The Labute approximate surface area is 129 Å². The van der Waals surface area contributed by atoms with E-state index in [0.717, 1.165) is 4.88 Å². The Hall–Kier alpha value is -0.790. The molecular formula is C13H15ClF3NO2S. The molecule has 1 aliphatic heterocycles. The van der Waals surface area contributed by atoms with E-state index in [1.54, 1.807) is 6.07 Å². The number of amides is 1. The maximum Gasteiger partial charge on any atom is 0.417 e. The third-order valence-corrected chi connectivity index (χ3v) is 4.98. The molecule has 1 saturated heterocycles. The van der Waals surface area contributed by atoms with E-state index in [2.05, 4.69) is 0 Å². The van der Waals surface area contributed by atoms with Gasteiger partial charge in [0.15, 0.2) is 5.60 Å². The Morgan fingerprint density at radius 2 is 2.00 bits per heavy atom. The van der Waals surface area contributed by atoms with Crippen molar-refractivity contribution < 1.29 is 23.1 Å². The van der Waals surface area contributed by atoms with Crippen LogP contribution in [-0.4, -0.2) is 40.8 Å². The molecule has 1 aromatic rings. The minimum atomic E-state index is -4.64. The number of hydrogen-bond donors (Lipinski definition) is 1. The van der Waals surface area contributed by atoms with Gasteiger partial charge < -0.3 is 10.0 Å². The van der Waals surface area contributed by atoms with E-state index in [-0.39, 0.29) is 25.4 Å². The molecule has 0 saturated carbocycles. The Morgan fingerprint density at radius 1 is 1.38 bits per heavy atom. The van der Waals surface area contributed by atoms with Crippen LogP contribution in [0.3, 0.4) is 0 Å². The number of hydrogen-bond acceptors (Lipinski definition) is 3. The SMILES string of the molecule is O=C(CCc1ccc(Cl)s1)N1CCC(O)(C(F)(F)F)CC1. The summed E-state index contributed by atoms with van der Waals surface area (Å²) in [7, 11) is 0. The van der Waals surface area contributed by atoms with Crippen molar-refractivity contribution in [2.75, 3.05) is 13.1 Å². The Kier molecular flexibility index (Phi) is 4.85. The van der Waals surface area contributed by atoms with Crippen LogP contribution in [-0.2, 0) is 11.2 Å². The molecule has 0 aliphatic carbocycles. The fourth-order valence-corrected chi connectivity index (χ4v) is 3.37. The van der Waals surface area contributed by atoms with Gasteiger partial charge in [-0.25, -0.2) is 0 Å². The highest BCUT2D eigenvalue weighted by Crippen LogP contribution is 2.38. The van der Waals surface area contributed by atoms with Crippen molar-refractivity contribution in [3.05, 3.63) is 21.3 Å². The smallest absolute Gasteiger partial charge is 0.380 e. The monoisotopic (exact) mass is 341 g/mol. The van der Waals surface area contributed by atoms with Crippen molar-refractivity contribution in [3.63, 3.8) is 0 Å². The van der Waals surface area contributed by atoms with Crippen LogP contribution in [0.1, 0.15) is 24.1 Å². The first-order chi connectivity index (χ1) is 9.71. The molecule has 1 N–H and O–H groups in total. The number of nitrogens with zero attached hydrogens (tertiary/aromatic N) is 1. The van der Waals surface area contributed by atoms with Crippen LogP contribution in [0.15, 0.2) is 12.1 Å². The number of rotatable bonds is 3. The van der Waals surface area contributed by atoms with Crippen LogP contribution >= 0.6 is 22.9 Å². The van der Waals surface area contributed by atoms with Crippen molar-refractivity contribution in [3.8, 4) is 0 Å². The highest BCUT2D eigenvalue weighted by molar-refractivity contribution is 7.16. The number of carbonyl (C=O) groups is 1. The van der Waals surface area contributed by atoms with Crippen LogP contribution in [0, 0.1) is 0 Å². The van der Waals surface area contributed by atoms with Gasteiger partial charge >= 0.3 is 6.18 Å². The van der Waals surface area contributed by atoms with E-state index in [0.29, 0.717) is 10.8 Å². The average Bonchev–Trinajstić information content (AvgIpc) is 2.81. The van der Waals surface area contributed by atoms with Gasteiger partial charge in [0.25, 0.3) is 0 Å². The van der Waals surface area contributed by atoms with Crippen molar-refractivity contribution >= 4 is 28.8 Å². The first-order valence-corrected chi connectivity index (χ1v) is 7.72. The van der Waals surface area contributed by atoms with E-state index in [1.807, 2.05) is 6.07 Å². The number of thiophene rings is 1. The zero-order valence-corrected chi connectivity index (χ0v) is 12.7. The lowest BCUT2D eigenvalue weighted by molar-refractivity contribution is -0.272. The van der Waals surface area contributed by atoms with Crippen LogP contribution < -0.4 is 0 Å². The number of piperidine rings is 1.